The van der Waals surface area contributed by atoms with Crippen LogP contribution in [0.15, 0.2) is 35.8 Å². The molecule has 0 radical (unpaired) electrons. The molecule has 3 heterocycles. The second kappa shape index (κ2) is 7.53. The van der Waals surface area contributed by atoms with Gasteiger partial charge in [-0.1, -0.05) is 11.6 Å². The number of anilines is 2. The van der Waals surface area contributed by atoms with E-state index >= 15 is 0 Å². The van der Waals surface area contributed by atoms with Crippen molar-refractivity contribution in [2.45, 2.75) is 13.8 Å². The maximum Gasteiger partial charge on any atom is 0.343 e. The number of carbonyl (C=O) groups is 1. The van der Waals surface area contributed by atoms with E-state index in [0.717, 1.165) is 16.2 Å². The van der Waals surface area contributed by atoms with Gasteiger partial charge < -0.3 is 10.1 Å². The first-order valence-corrected chi connectivity index (χ1v) is 9.69. The lowest BCUT2D eigenvalue weighted by Crippen LogP contribution is -2.11. The predicted octanol–water partition coefficient (Wildman–Crippen LogP) is 4.13. The van der Waals surface area contributed by atoms with Gasteiger partial charge in [0.1, 0.15) is 5.56 Å². The molecular formula is C18H15ClN6O2S. The number of rotatable bonds is 5. The van der Waals surface area contributed by atoms with E-state index < -0.39 is 5.97 Å². The van der Waals surface area contributed by atoms with Crippen LogP contribution in [0.4, 0.5) is 11.8 Å². The molecule has 0 aliphatic heterocycles. The summed E-state index contributed by atoms with van der Waals surface area (Å²) < 4.78 is 6.83. The van der Waals surface area contributed by atoms with Crippen LogP contribution in [-0.2, 0) is 4.74 Å². The molecule has 1 N–H and O–H groups in total. The van der Waals surface area contributed by atoms with Crippen LogP contribution in [0.3, 0.4) is 0 Å². The molecule has 3 aromatic heterocycles. The molecule has 0 saturated heterocycles. The SMILES string of the molecule is CCOC(=O)c1cnc(-c2ccc(Cl)cc2)nc1Nc1nc2scc(C)n2n1. The second-order valence-corrected chi connectivity index (χ2v) is 7.09. The minimum absolute atomic E-state index is 0.203. The van der Waals surface area contributed by atoms with Crippen molar-refractivity contribution in [2.75, 3.05) is 11.9 Å². The van der Waals surface area contributed by atoms with Crippen molar-refractivity contribution in [1.29, 1.82) is 0 Å². The van der Waals surface area contributed by atoms with E-state index in [1.165, 1.54) is 17.5 Å². The van der Waals surface area contributed by atoms with Crippen LogP contribution in [0.1, 0.15) is 23.0 Å². The minimum atomic E-state index is -0.523. The molecule has 0 bridgehead atoms. The maximum atomic E-state index is 12.3. The lowest BCUT2D eigenvalue weighted by atomic mass is 10.2. The normalized spacial score (nSPS) is 11.0. The molecule has 0 aliphatic carbocycles. The zero-order valence-corrected chi connectivity index (χ0v) is 16.6. The highest BCUT2D eigenvalue weighted by atomic mass is 35.5. The molecule has 1 aromatic carbocycles. The molecule has 0 saturated carbocycles. The first kappa shape index (κ1) is 18.3. The number of hydrogen-bond acceptors (Lipinski definition) is 8. The summed E-state index contributed by atoms with van der Waals surface area (Å²) >= 11 is 7.43. The van der Waals surface area contributed by atoms with E-state index in [1.54, 1.807) is 35.7 Å². The van der Waals surface area contributed by atoms with Crippen molar-refractivity contribution < 1.29 is 9.53 Å². The summed E-state index contributed by atoms with van der Waals surface area (Å²) in [6.07, 6.45) is 1.43. The monoisotopic (exact) mass is 414 g/mol. The van der Waals surface area contributed by atoms with E-state index in [2.05, 4.69) is 25.4 Å². The fourth-order valence-corrected chi connectivity index (χ4v) is 3.45. The van der Waals surface area contributed by atoms with Gasteiger partial charge in [0.25, 0.3) is 0 Å². The highest BCUT2D eigenvalue weighted by Gasteiger charge is 2.19. The summed E-state index contributed by atoms with van der Waals surface area (Å²) in [6, 6.07) is 7.11. The Bertz CT molecular complexity index is 1150. The topological polar surface area (TPSA) is 94.3 Å². The molecule has 10 heteroatoms. The van der Waals surface area contributed by atoms with Crippen LogP contribution in [0.25, 0.3) is 16.3 Å². The molecule has 8 nitrogen and oxygen atoms in total. The van der Waals surface area contributed by atoms with Crippen LogP contribution < -0.4 is 5.32 Å². The van der Waals surface area contributed by atoms with Gasteiger partial charge in [-0.25, -0.2) is 19.3 Å². The summed E-state index contributed by atoms with van der Waals surface area (Å²) in [6.45, 7) is 3.92. The molecule has 0 unspecified atom stereocenters. The Morgan fingerprint density at radius 1 is 1.29 bits per heavy atom. The largest absolute Gasteiger partial charge is 0.462 e. The number of aryl methyl sites for hydroxylation is 1. The van der Waals surface area contributed by atoms with E-state index in [1.807, 2.05) is 12.3 Å². The quantitative estimate of drug-likeness (QED) is 0.490. The molecule has 4 rings (SSSR count). The molecule has 0 atom stereocenters. The van der Waals surface area contributed by atoms with Gasteiger partial charge in [-0.05, 0) is 38.1 Å². The number of carbonyl (C=O) groups excluding carboxylic acids is 1. The Morgan fingerprint density at radius 3 is 2.79 bits per heavy atom. The van der Waals surface area contributed by atoms with Gasteiger partial charge in [0.05, 0.1) is 12.3 Å². The Balaban J connectivity index is 1.75. The molecule has 0 fully saturated rings. The van der Waals surface area contributed by atoms with Crippen molar-refractivity contribution in [2.24, 2.45) is 0 Å². The zero-order valence-electron chi connectivity index (χ0n) is 15.0. The number of fused-ring (bicyclic) bond motifs is 1. The van der Waals surface area contributed by atoms with E-state index in [-0.39, 0.29) is 18.0 Å². The van der Waals surface area contributed by atoms with Crippen molar-refractivity contribution in [1.82, 2.24) is 24.6 Å². The molecular weight excluding hydrogens is 400 g/mol. The van der Waals surface area contributed by atoms with E-state index in [0.29, 0.717) is 16.8 Å². The predicted molar refractivity (Wildman–Crippen MR) is 107 cm³/mol. The smallest absolute Gasteiger partial charge is 0.343 e. The second-order valence-electron chi connectivity index (χ2n) is 5.82. The summed E-state index contributed by atoms with van der Waals surface area (Å²) in [5.74, 6) is 0.518. The van der Waals surface area contributed by atoms with Crippen molar-refractivity contribution >= 4 is 45.6 Å². The molecule has 0 aliphatic rings. The van der Waals surface area contributed by atoms with Crippen molar-refractivity contribution in [3.05, 3.63) is 52.1 Å². The number of ether oxygens (including phenoxy) is 1. The zero-order chi connectivity index (χ0) is 19.7. The van der Waals surface area contributed by atoms with Gasteiger partial charge >= 0.3 is 5.97 Å². The van der Waals surface area contributed by atoms with Gasteiger partial charge in [0, 0.05) is 22.2 Å². The fourth-order valence-electron chi connectivity index (χ4n) is 2.52. The number of thiazole rings is 1. The van der Waals surface area contributed by atoms with Gasteiger partial charge in [0.15, 0.2) is 11.6 Å². The third-order valence-corrected chi connectivity index (χ3v) is 5.05. The van der Waals surface area contributed by atoms with Gasteiger partial charge in [-0.15, -0.1) is 16.4 Å². The summed E-state index contributed by atoms with van der Waals surface area (Å²) in [7, 11) is 0. The van der Waals surface area contributed by atoms with Crippen molar-refractivity contribution in [3.8, 4) is 11.4 Å². The maximum absolute atomic E-state index is 12.3. The minimum Gasteiger partial charge on any atom is -0.462 e. The van der Waals surface area contributed by atoms with Gasteiger partial charge in [-0.2, -0.15) is 4.98 Å². The number of benzene rings is 1. The first-order chi connectivity index (χ1) is 13.5. The average Bonchev–Trinajstić information content (AvgIpc) is 3.24. The first-order valence-electron chi connectivity index (χ1n) is 8.43. The van der Waals surface area contributed by atoms with E-state index in [9.17, 15) is 4.79 Å². The number of aromatic nitrogens is 5. The van der Waals surface area contributed by atoms with Crippen molar-refractivity contribution in [3.63, 3.8) is 0 Å². The summed E-state index contributed by atoms with van der Waals surface area (Å²) in [5.41, 5.74) is 1.93. The summed E-state index contributed by atoms with van der Waals surface area (Å²) in [5, 5.41) is 10.0. The Labute approximate surface area is 169 Å². The fraction of sp³-hybridized carbons (Fsp3) is 0.167. The van der Waals surface area contributed by atoms with Gasteiger partial charge in [-0.3, -0.25) is 0 Å². The molecule has 0 amide bonds. The van der Waals surface area contributed by atoms with E-state index in [4.69, 9.17) is 16.3 Å². The van der Waals surface area contributed by atoms with Crippen LogP contribution >= 0.6 is 22.9 Å². The highest BCUT2D eigenvalue weighted by molar-refractivity contribution is 7.15. The highest BCUT2D eigenvalue weighted by Crippen LogP contribution is 2.24. The number of hydrogen-bond donors (Lipinski definition) is 1. The van der Waals surface area contributed by atoms with Crippen LogP contribution in [0, 0.1) is 6.92 Å². The standard InChI is InChI=1S/C18H15ClN6O2S/c1-3-27-16(26)13-8-20-14(11-4-6-12(19)7-5-11)21-15(13)22-17-23-18-25(24-17)10(2)9-28-18/h4-9H,3H2,1-2H3,(H,20,21,22,24). The van der Waals surface area contributed by atoms with Crippen LogP contribution in [0.2, 0.25) is 5.02 Å². The Kier molecular flexibility index (Phi) is 4.93. The number of nitrogens with zero attached hydrogens (tertiary/aromatic N) is 5. The Hall–Kier alpha value is -3.04. The molecule has 142 valence electrons. The van der Waals surface area contributed by atoms with Crippen LogP contribution in [0.5, 0.6) is 0 Å². The Morgan fingerprint density at radius 2 is 2.07 bits per heavy atom. The van der Waals surface area contributed by atoms with Crippen LogP contribution in [-0.4, -0.2) is 37.1 Å². The average molecular weight is 415 g/mol. The third kappa shape index (κ3) is 3.54. The summed E-state index contributed by atoms with van der Waals surface area (Å²) in [4.78, 5) is 26.3. The molecule has 28 heavy (non-hydrogen) atoms. The third-order valence-electron chi connectivity index (χ3n) is 3.86. The lowest BCUT2D eigenvalue weighted by Gasteiger charge is -2.10. The number of nitrogens with one attached hydrogen (secondary N) is 1. The molecule has 4 aromatic rings. The van der Waals surface area contributed by atoms with Gasteiger partial charge in [0.2, 0.25) is 10.9 Å². The molecule has 0 spiro atoms. The lowest BCUT2D eigenvalue weighted by molar-refractivity contribution is 0.0526. The number of halogens is 1. The number of esters is 1.